The maximum atomic E-state index is 11.7. The predicted molar refractivity (Wildman–Crippen MR) is 118 cm³/mol. The molecular weight excluding hydrogens is 392 g/mol. The van der Waals surface area contributed by atoms with Crippen molar-refractivity contribution in [3.05, 3.63) is 83.9 Å². The summed E-state index contributed by atoms with van der Waals surface area (Å²) in [5, 5.41) is 22.7. The number of carbonyl (C=O) groups is 1. The van der Waals surface area contributed by atoms with Gasteiger partial charge in [-0.3, -0.25) is 4.68 Å². The van der Waals surface area contributed by atoms with Crippen LogP contribution in [-0.4, -0.2) is 35.5 Å². The van der Waals surface area contributed by atoms with E-state index in [9.17, 15) is 9.90 Å². The summed E-state index contributed by atoms with van der Waals surface area (Å²) in [7, 11) is 0. The molecule has 3 aromatic heterocycles. The number of carboxylic acids is 1. The van der Waals surface area contributed by atoms with E-state index in [0.717, 1.165) is 16.6 Å². The highest BCUT2D eigenvalue weighted by Gasteiger charge is 2.19. The number of carboxylic acid groups (broad SMARTS) is 1. The minimum Gasteiger partial charge on any atom is -0.478 e. The van der Waals surface area contributed by atoms with Crippen molar-refractivity contribution in [2.75, 3.05) is 5.32 Å². The summed E-state index contributed by atoms with van der Waals surface area (Å²) < 4.78 is 3.53. The zero-order valence-corrected chi connectivity index (χ0v) is 16.9. The van der Waals surface area contributed by atoms with E-state index in [4.69, 9.17) is 0 Å². The van der Waals surface area contributed by atoms with Crippen LogP contribution in [0.5, 0.6) is 0 Å². The normalized spacial score (nSPS) is 11.3. The average Bonchev–Trinajstić information content (AvgIpc) is 3.37. The number of nitrogens with zero attached hydrogens (tertiary/aromatic N) is 5. The summed E-state index contributed by atoms with van der Waals surface area (Å²) in [5.74, 6) is -0.416. The number of aryl methyl sites for hydroxylation is 1. The second-order valence-electron chi connectivity index (χ2n) is 7.23. The lowest BCUT2D eigenvalue weighted by Gasteiger charge is -2.10. The van der Waals surface area contributed by atoms with Crippen molar-refractivity contribution in [2.45, 2.75) is 19.9 Å². The Hall–Kier alpha value is -4.20. The van der Waals surface area contributed by atoms with Crippen LogP contribution in [0.4, 0.5) is 11.5 Å². The lowest BCUT2D eigenvalue weighted by molar-refractivity contribution is 0.0696. The number of benzene rings is 2. The van der Waals surface area contributed by atoms with E-state index < -0.39 is 5.97 Å². The first-order valence-electron chi connectivity index (χ1n) is 9.99. The predicted octanol–water partition coefficient (Wildman–Crippen LogP) is 4.13. The zero-order valence-electron chi connectivity index (χ0n) is 16.9. The monoisotopic (exact) mass is 412 g/mol. The highest BCUT2D eigenvalue weighted by molar-refractivity contribution is 5.97. The molecule has 0 spiro atoms. The van der Waals surface area contributed by atoms with E-state index >= 15 is 0 Å². The highest BCUT2D eigenvalue weighted by atomic mass is 16.4. The van der Waals surface area contributed by atoms with Gasteiger partial charge in [0.15, 0.2) is 5.82 Å². The van der Waals surface area contributed by atoms with Crippen LogP contribution >= 0.6 is 0 Å². The van der Waals surface area contributed by atoms with Crippen molar-refractivity contribution in [1.29, 1.82) is 0 Å². The standard InChI is InChI=1S/C23H20N6O2/c1-2-16-18(23(30)31)13-29-21(16)22(24-14-26-29)27-19-9-6-10-20-17(19)11-25-28(20)12-15-7-4-3-5-8-15/h3-11,13-14H,2,12H2,1H3,(H,30,31)(H,24,26,27). The van der Waals surface area contributed by atoms with Crippen molar-refractivity contribution < 1.29 is 9.90 Å². The molecular formula is C23H20N6O2. The van der Waals surface area contributed by atoms with Gasteiger partial charge in [0, 0.05) is 11.6 Å². The number of anilines is 2. The molecule has 0 aliphatic carbocycles. The third kappa shape index (κ3) is 3.28. The quantitative estimate of drug-likeness (QED) is 0.435. The Balaban J connectivity index is 1.57. The van der Waals surface area contributed by atoms with Gasteiger partial charge in [0.25, 0.3) is 0 Å². The van der Waals surface area contributed by atoms with E-state index in [1.165, 1.54) is 18.1 Å². The molecule has 154 valence electrons. The molecule has 5 aromatic rings. The van der Waals surface area contributed by atoms with Crippen LogP contribution in [0.15, 0.2) is 67.3 Å². The lowest BCUT2D eigenvalue weighted by atomic mass is 10.1. The smallest absolute Gasteiger partial charge is 0.337 e. The van der Waals surface area contributed by atoms with Gasteiger partial charge < -0.3 is 10.4 Å². The van der Waals surface area contributed by atoms with Crippen LogP contribution in [0, 0.1) is 0 Å². The second kappa shape index (κ2) is 7.56. The average molecular weight is 412 g/mol. The molecule has 31 heavy (non-hydrogen) atoms. The number of aromatic carboxylic acids is 1. The minimum atomic E-state index is -0.974. The molecule has 0 radical (unpaired) electrons. The number of fused-ring (bicyclic) bond motifs is 2. The summed E-state index contributed by atoms with van der Waals surface area (Å²) in [5.41, 5.74) is 4.61. The van der Waals surface area contributed by atoms with Crippen molar-refractivity contribution in [2.24, 2.45) is 0 Å². The molecule has 0 fully saturated rings. The van der Waals surface area contributed by atoms with Gasteiger partial charge >= 0.3 is 5.97 Å². The molecule has 0 aliphatic rings. The number of hydrogen-bond acceptors (Lipinski definition) is 5. The largest absolute Gasteiger partial charge is 0.478 e. The van der Waals surface area contributed by atoms with Crippen LogP contribution in [0.1, 0.15) is 28.4 Å². The number of nitrogens with one attached hydrogen (secondary N) is 1. The molecule has 0 saturated carbocycles. The number of hydrogen-bond donors (Lipinski definition) is 2. The van der Waals surface area contributed by atoms with Crippen LogP contribution in [-0.2, 0) is 13.0 Å². The first-order chi connectivity index (χ1) is 15.2. The van der Waals surface area contributed by atoms with E-state index in [0.29, 0.717) is 29.9 Å². The summed E-state index contributed by atoms with van der Waals surface area (Å²) in [6, 6.07) is 16.1. The molecule has 0 unspecified atom stereocenters. The fourth-order valence-electron chi connectivity index (χ4n) is 3.93. The molecule has 0 atom stereocenters. The Morgan fingerprint density at radius 2 is 1.94 bits per heavy atom. The molecule has 8 heteroatoms. The second-order valence-corrected chi connectivity index (χ2v) is 7.23. The van der Waals surface area contributed by atoms with E-state index in [1.807, 2.05) is 54.2 Å². The van der Waals surface area contributed by atoms with Crippen LogP contribution in [0.3, 0.4) is 0 Å². The zero-order chi connectivity index (χ0) is 21.4. The highest BCUT2D eigenvalue weighted by Crippen LogP contribution is 2.30. The Morgan fingerprint density at radius 3 is 2.71 bits per heavy atom. The maximum Gasteiger partial charge on any atom is 0.337 e. The van der Waals surface area contributed by atoms with Crippen LogP contribution in [0.25, 0.3) is 16.4 Å². The SMILES string of the molecule is CCc1c(C(=O)O)cn2ncnc(Nc3cccc4c3cnn4Cc3ccccc3)c12. The van der Waals surface area contributed by atoms with Gasteiger partial charge in [-0.1, -0.05) is 43.3 Å². The maximum absolute atomic E-state index is 11.7. The van der Waals surface area contributed by atoms with Gasteiger partial charge in [0.1, 0.15) is 11.8 Å². The molecule has 8 nitrogen and oxygen atoms in total. The topological polar surface area (TPSA) is 97.3 Å². The molecule has 0 bridgehead atoms. The first kappa shape index (κ1) is 18.8. The van der Waals surface area contributed by atoms with E-state index in [1.54, 1.807) is 4.52 Å². The molecule has 2 N–H and O–H groups in total. The Labute approximate surface area is 177 Å². The molecule has 0 saturated heterocycles. The summed E-state index contributed by atoms with van der Waals surface area (Å²) in [4.78, 5) is 16.1. The third-order valence-corrected chi connectivity index (χ3v) is 5.38. The van der Waals surface area contributed by atoms with Gasteiger partial charge in [-0.15, -0.1) is 0 Å². The third-order valence-electron chi connectivity index (χ3n) is 5.38. The van der Waals surface area contributed by atoms with Gasteiger partial charge in [-0.2, -0.15) is 10.2 Å². The molecule has 5 rings (SSSR count). The molecule has 0 amide bonds. The van der Waals surface area contributed by atoms with Gasteiger partial charge in [-0.25, -0.2) is 14.3 Å². The fraction of sp³-hybridized carbons (Fsp3) is 0.130. The summed E-state index contributed by atoms with van der Waals surface area (Å²) >= 11 is 0. The van der Waals surface area contributed by atoms with Crippen molar-refractivity contribution >= 4 is 33.9 Å². The van der Waals surface area contributed by atoms with E-state index in [-0.39, 0.29) is 5.56 Å². The van der Waals surface area contributed by atoms with Crippen molar-refractivity contribution in [1.82, 2.24) is 24.4 Å². The fourth-order valence-corrected chi connectivity index (χ4v) is 3.93. The minimum absolute atomic E-state index is 0.236. The number of aromatic nitrogens is 5. The summed E-state index contributed by atoms with van der Waals surface area (Å²) in [6.07, 6.45) is 5.33. The van der Waals surface area contributed by atoms with Crippen LogP contribution < -0.4 is 5.32 Å². The van der Waals surface area contributed by atoms with Gasteiger partial charge in [-0.05, 0) is 29.7 Å². The Bertz CT molecular complexity index is 1400. The Kier molecular flexibility index (Phi) is 4.59. The van der Waals surface area contributed by atoms with Crippen LogP contribution in [0.2, 0.25) is 0 Å². The van der Waals surface area contributed by atoms with Gasteiger partial charge in [0.05, 0.1) is 29.5 Å². The lowest BCUT2D eigenvalue weighted by Crippen LogP contribution is -2.02. The van der Waals surface area contributed by atoms with Crippen molar-refractivity contribution in [3.63, 3.8) is 0 Å². The first-order valence-corrected chi connectivity index (χ1v) is 9.99. The molecule has 0 aliphatic heterocycles. The number of rotatable bonds is 6. The molecule has 3 heterocycles. The Morgan fingerprint density at radius 1 is 1.10 bits per heavy atom. The van der Waals surface area contributed by atoms with Gasteiger partial charge in [0.2, 0.25) is 0 Å². The van der Waals surface area contributed by atoms with E-state index in [2.05, 4.69) is 32.6 Å². The molecule has 2 aromatic carbocycles. The summed E-state index contributed by atoms with van der Waals surface area (Å²) in [6.45, 7) is 2.60. The van der Waals surface area contributed by atoms with Crippen molar-refractivity contribution in [3.8, 4) is 0 Å².